The second-order valence-electron chi connectivity index (χ2n) is 10.4. The van der Waals surface area contributed by atoms with Crippen LogP contribution in [-0.2, 0) is 20.6 Å². The van der Waals surface area contributed by atoms with Gasteiger partial charge in [-0.05, 0) is 42.5 Å². The Hall–Kier alpha value is -3.76. The molecular weight excluding hydrogens is 518 g/mol. The fourth-order valence-corrected chi connectivity index (χ4v) is 5.53. The summed E-state index contributed by atoms with van der Waals surface area (Å²) in [5, 5.41) is 2.40. The Morgan fingerprint density at radius 2 is 1.64 bits per heavy atom. The number of alkyl halides is 3. The first kappa shape index (κ1) is 28.3. The number of nitrogens with one attached hydrogen (secondary N) is 1. The number of likely N-dealkylation sites (N-methyl/N-ethyl adjacent to an activating group) is 1. The molecule has 2 aliphatic rings. The van der Waals surface area contributed by atoms with Gasteiger partial charge in [0.2, 0.25) is 17.7 Å². The highest BCUT2D eigenvalue weighted by molar-refractivity contribution is 6.10. The molecule has 0 bridgehead atoms. The number of nitrogens with zero attached hydrogens (tertiary/aromatic N) is 2. The quantitative estimate of drug-likeness (QED) is 0.453. The Balaban J connectivity index is 1.52. The Bertz CT molecular complexity index is 1290. The summed E-state index contributed by atoms with van der Waals surface area (Å²) in [6.45, 7) is 3.56. The summed E-state index contributed by atoms with van der Waals surface area (Å²) in [6, 6.07) is 9.37. The van der Waals surface area contributed by atoms with Crippen molar-refractivity contribution >= 4 is 23.6 Å². The highest BCUT2D eigenvalue weighted by atomic mass is 19.4. The zero-order chi connectivity index (χ0) is 28.7. The van der Waals surface area contributed by atoms with E-state index in [-0.39, 0.29) is 37.7 Å². The zero-order valence-corrected chi connectivity index (χ0v) is 21.7. The molecule has 0 aliphatic carbocycles. The summed E-state index contributed by atoms with van der Waals surface area (Å²) in [5.41, 5.74) is -2.29. The molecule has 1 N–H and O–H groups in total. The molecule has 2 aliphatic heterocycles. The minimum atomic E-state index is -4.77. The van der Waals surface area contributed by atoms with Crippen LogP contribution in [0.15, 0.2) is 48.5 Å². The molecule has 11 heteroatoms. The van der Waals surface area contributed by atoms with Gasteiger partial charge in [0.25, 0.3) is 5.91 Å². The average Bonchev–Trinajstić information content (AvgIpc) is 3.07. The summed E-state index contributed by atoms with van der Waals surface area (Å²) in [5.74, 6) is -4.54. The second-order valence-corrected chi connectivity index (χ2v) is 10.4. The van der Waals surface area contributed by atoms with Crippen molar-refractivity contribution < 1.29 is 36.7 Å². The number of carbonyl (C=O) groups is 4. The normalized spacial score (nSPS) is 20.1. The molecular formula is C28H29F4N3O4. The fourth-order valence-electron chi connectivity index (χ4n) is 5.53. The Morgan fingerprint density at radius 3 is 2.21 bits per heavy atom. The molecule has 2 fully saturated rings. The molecule has 2 atom stereocenters. The van der Waals surface area contributed by atoms with Gasteiger partial charge in [-0.1, -0.05) is 44.2 Å². The van der Waals surface area contributed by atoms with Crippen molar-refractivity contribution in [3.05, 3.63) is 71.0 Å². The maximum Gasteiger partial charge on any atom is 0.416 e. The number of hydrogen-bond acceptors (Lipinski definition) is 4. The molecule has 0 saturated carbocycles. The molecule has 2 aromatic carbocycles. The Morgan fingerprint density at radius 1 is 1.03 bits per heavy atom. The van der Waals surface area contributed by atoms with E-state index in [0.29, 0.717) is 18.2 Å². The van der Waals surface area contributed by atoms with Crippen LogP contribution in [0.25, 0.3) is 0 Å². The van der Waals surface area contributed by atoms with Crippen molar-refractivity contribution in [1.29, 1.82) is 0 Å². The lowest BCUT2D eigenvalue weighted by Gasteiger charge is -2.41. The monoisotopic (exact) mass is 547 g/mol. The summed E-state index contributed by atoms with van der Waals surface area (Å²) in [4.78, 5) is 55.2. The smallest absolute Gasteiger partial charge is 0.341 e. The minimum absolute atomic E-state index is 0.131. The first-order chi connectivity index (χ1) is 18.3. The van der Waals surface area contributed by atoms with Gasteiger partial charge in [-0.3, -0.25) is 24.1 Å². The molecule has 2 saturated heterocycles. The third kappa shape index (κ3) is 5.14. The van der Waals surface area contributed by atoms with Crippen LogP contribution >= 0.6 is 0 Å². The number of imide groups is 1. The fraction of sp³-hybridized carbons (Fsp3) is 0.429. The predicted molar refractivity (Wildman–Crippen MR) is 133 cm³/mol. The van der Waals surface area contributed by atoms with E-state index in [1.54, 1.807) is 38.1 Å². The highest BCUT2D eigenvalue weighted by Gasteiger charge is 2.59. The van der Waals surface area contributed by atoms with Gasteiger partial charge in [-0.15, -0.1) is 0 Å². The molecule has 208 valence electrons. The van der Waals surface area contributed by atoms with Gasteiger partial charge in [0.15, 0.2) is 0 Å². The molecule has 2 aromatic rings. The topological polar surface area (TPSA) is 86.8 Å². The van der Waals surface area contributed by atoms with Crippen molar-refractivity contribution in [2.45, 2.75) is 44.8 Å². The molecule has 4 rings (SSSR count). The van der Waals surface area contributed by atoms with Crippen LogP contribution in [0.1, 0.15) is 54.1 Å². The van der Waals surface area contributed by atoms with E-state index in [2.05, 4.69) is 5.32 Å². The van der Waals surface area contributed by atoms with Gasteiger partial charge >= 0.3 is 6.18 Å². The number of rotatable bonds is 5. The third-order valence-electron chi connectivity index (χ3n) is 7.72. The molecule has 0 radical (unpaired) electrons. The van der Waals surface area contributed by atoms with Crippen molar-refractivity contribution in [3.63, 3.8) is 0 Å². The molecule has 1 spiro atoms. The molecule has 1 unspecified atom stereocenters. The van der Waals surface area contributed by atoms with Crippen LogP contribution in [0.2, 0.25) is 0 Å². The number of amides is 4. The number of carbonyl (C=O) groups excluding carboxylic acids is 4. The van der Waals surface area contributed by atoms with E-state index >= 15 is 0 Å². The Kier molecular flexibility index (Phi) is 7.55. The largest absolute Gasteiger partial charge is 0.416 e. The number of benzene rings is 2. The predicted octanol–water partition coefficient (Wildman–Crippen LogP) is 3.99. The standard InChI is InChI=1S/C28H29F4N3O4/c1-16(2)22(33-23(36)19-15-18(28(30,31)32)9-10-20(19)29)25(38)35-13-11-27(12-14-35)21(17-7-5-4-6-8-17)24(37)34(3)26(27)39/h4-10,15-16,21-22H,11-14H2,1-3H3,(H,33,36)/t21?,22-/m1/s1. The van der Waals surface area contributed by atoms with E-state index in [4.69, 9.17) is 0 Å². The van der Waals surface area contributed by atoms with Crippen LogP contribution in [-0.4, -0.2) is 59.6 Å². The summed E-state index contributed by atoms with van der Waals surface area (Å²) >= 11 is 0. The van der Waals surface area contributed by atoms with E-state index in [0.717, 1.165) is 10.5 Å². The first-order valence-corrected chi connectivity index (χ1v) is 12.6. The lowest BCUT2D eigenvalue weighted by molar-refractivity contribution is -0.144. The number of hydrogen-bond donors (Lipinski definition) is 1. The summed E-state index contributed by atoms with van der Waals surface area (Å²) in [7, 11) is 1.45. The lowest BCUT2D eigenvalue weighted by atomic mass is 9.67. The van der Waals surface area contributed by atoms with Crippen LogP contribution in [0.3, 0.4) is 0 Å². The van der Waals surface area contributed by atoms with Gasteiger partial charge in [-0.25, -0.2) is 4.39 Å². The van der Waals surface area contributed by atoms with Crippen LogP contribution in [0.5, 0.6) is 0 Å². The SMILES string of the molecule is CC(C)[C@@H](NC(=O)c1cc(C(F)(F)F)ccc1F)C(=O)N1CCC2(CC1)C(=O)N(C)C(=O)C2c1ccccc1. The lowest BCUT2D eigenvalue weighted by Crippen LogP contribution is -2.55. The van der Waals surface area contributed by atoms with E-state index in [9.17, 15) is 36.7 Å². The van der Waals surface area contributed by atoms with Crippen LogP contribution in [0.4, 0.5) is 17.6 Å². The molecule has 2 heterocycles. The summed E-state index contributed by atoms with van der Waals surface area (Å²) < 4.78 is 53.6. The maximum atomic E-state index is 14.3. The van der Waals surface area contributed by atoms with Crippen molar-refractivity contribution in [2.24, 2.45) is 11.3 Å². The first-order valence-electron chi connectivity index (χ1n) is 12.6. The second kappa shape index (κ2) is 10.4. The van der Waals surface area contributed by atoms with Crippen molar-refractivity contribution in [2.75, 3.05) is 20.1 Å². The van der Waals surface area contributed by atoms with Crippen LogP contribution in [0, 0.1) is 17.2 Å². The van der Waals surface area contributed by atoms with E-state index in [1.807, 2.05) is 6.07 Å². The molecule has 39 heavy (non-hydrogen) atoms. The van der Waals surface area contributed by atoms with Crippen LogP contribution < -0.4 is 5.32 Å². The minimum Gasteiger partial charge on any atom is -0.341 e. The van der Waals surface area contributed by atoms with Gasteiger partial charge < -0.3 is 10.2 Å². The van der Waals surface area contributed by atoms with Gasteiger partial charge in [0, 0.05) is 20.1 Å². The zero-order valence-electron chi connectivity index (χ0n) is 21.7. The summed E-state index contributed by atoms with van der Waals surface area (Å²) in [6.07, 6.45) is -4.34. The van der Waals surface area contributed by atoms with Gasteiger partial charge in [0.1, 0.15) is 11.9 Å². The molecule has 4 amide bonds. The molecule has 7 nitrogen and oxygen atoms in total. The van der Waals surface area contributed by atoms with E-state index in [1.165, 1.54) is 11.9 Å². The van der Waals surface area contributed by atoms with Gasteiger partial charge in [-0.2, -0.15) is 13.2 Å². The van der Waals surface area contributed by atoms with Gasteiger partial charge in [0.05, 0.1) is 22.5 Å². The van der Waals surface area contributed by atoms with Crippen molar-refractivity contribution in [3.8, 4) is 0 Å². The Labute approximate surface area is 223 Å². The van der Waals surface area contributed by atoms with E-state index < -0.39 is 58.2 Å². The molecule has 0 aromatic heterocycles. The highest BCUT2D eigenvalue weighted by Crippen LogP contribution is 2.51. The van der Waals surface area contributed by atoms with Crippen molar-refractivity contribution in [1.82, 2.24) is 15.1 Å². The third-order valence-corrected chi connectivity index (χ3v) is 7.72. The average molecular weight is 548 g/mol. The number of likely N-dealkylation sites (tertiary alicyclic amines) is 2. The maximum absolute atomic E-state index is 14.3. The number of halogens is 4. The number of piperidine rings is 1.